The van der Waals surface area contributed by atoms with Crippen LogP contribution in [0.5, 0.6) is 0 Å². The van der Waals surface area contributed by atoms with E-state index >= 15 is 0 Å². The summed E-state index contributed by atoms with van der Waals surface area (Å²) >= 11 is 0. The summed E-state index contributed by atoms with van der Waals surface area (Å²) in [5.41, 5.74) is -9.45. The quantitative estimate of drug-likeness (QED) is 0.105. The maximum atomic E-state index is 13.6. The van der Waals surface area contributed by atoms with Crippen LogP contribution >= 0.6 is 7.92 Å². The Morgan fingerprint density at radius 3 is 1.29 bits per heavy atom. The fourth-order valence-electron chi connectivity index (χ4n) is 4.81. The number of carbonyl (C=O) groups excluding carboxylic acids is 2. The number of nitrogens with one attached hydrogen (secondary N) is 1. The monoisotopic (exact) mass is 753 g/mol. The normalized spacial score (nSPS) is 13.8. The lowest BCUT2D eigenvalue weighted by Gasteiger charge is -2.30. The predicted molar refractivity (Wildman–Crippen MR) is 163 cm³/mol. The molecule has 4 aromatic rings. The zero-order valence-electron chi connectivity index (χ0n) is 25.8. The third-order valence-electron chi connectivity index (χ3n) is 7.36. The van der Waals surface area contributed by atoms with Gasteiger partial charge in [-0.15, -0.1) is 0 Å². The zero-order chi connectivity index (χ0) is 37.9. The van der Waals surface area contributed by atoms with Crippen LogP contribution in [-0.2, 0) is 29.4 Å². The van der Waals surface area contributed by atoms with E-state index in [0.717, 1.165) is 6.92 Å². The van der Waals surface area contributed by atoms with Crippen LogP contribution < -0.4 is 15.9 Å². The van der Waals surface area contributed by atoms with Crippen molar-refractivity contribution in [3.8, 4) is 0 Å². The van der Waals surface area contributed by atoms with Crippen molar-refractivity contribution in [3.05, 3.63) is 130 Å². The standard InChI is InChI=1S/C34H24F12NO3P/c1-19(50-30(49)21-14-24(33(41,42)43)17-25(15-21)34(44,45)46)28(18-51(26-8-4-2-5-9-26)27-10-6-3-7-11-27)47-29(48)20-12-22(31(35,36)37)16-23(13-20)32(38,39)40/h2-17,19,28H,18H2,1H3,(H,47,48)/t19-,28-/m1/s1. The Hall–Kier alpha value is -4.59. The summed E-state index contributed by atoms with van der Waals surface area (Å²) in [5.74, 6) is -3.14. The molecular formula is C34H24F12NO3P. The molecule has 0 radical (unpaired) electrons. The van der Waals surface area contributed by atoms with Crippen molar-refractivity contribution in [1.29, 1.82) is 0 Å². The summed E-state index contributed by atoms with van der Waals surface area (Å²) in [6.07, 6.45) is -23.0. The summed E-state index contributed by atoms with van der Waals surface area (Å²) in [6.45, 7) is 1.11. The Labute approximate surface area is 283 Å². The first-order valence-corrected chi connectivity index (χ1v) is 16.0. The molecule has 17 heteroatoms. The summed E-state index contributed by atoms with van der Waals surface area (Å²) in [6, 6.07) is 15.5. The Morgan fingerprint density at radius 2 is 0.941 bits per heavy atom. The van der Waals surface area contributed by atoms with Gasteiger partial charge in [0, 0.05) is 5.56 Å². The van der Waals surface area contributed by atoms with Gasteiger partial charge in [0.2, 0.25) is 0 Å². The Morgan fingerprint density at radius 1 is 0.588 bits per heavy atom. The largest absolute Gasteiger partial charge is 0.457 e. The molecule has 2 atom stereocenters. The third-order valence-corrected chi connectivity index (χ3v) is 9.97. The minimum absolute atomic E-state index is 0.125. The molecule has 4 aromatic carbocycles. The van der Waals surface area contributed by atoms with E-state index in [0.29, 0.717) is 10.6 Å². The first kappa shape index (κ1) is 39.2. The average Bonchev–Trinajstić information content (AvgIpc) is 3.05. The van der Waals surface area contributed by atoms with Crippen molar-refractivity contribution in [2.45, 2.75) is 43.8 Å². The number of halogens is 12. The zero-order valence-corrected chi connectivity index (χ0v) is 26.7. The molecule has 0 fully saturated rings. The van der Waals surface area contributed by atoms with Gasteiger partial charge >= 0.3 is 30.7 Å². The van der Waals surface area contributed by atoms with Crippen molar-refractivity contribution in [2.24, 2.45) is 0 Å². The average molecular weight is 754 g/mol. The van der Waals surface area contributed by atoms with E-state index in [1.165, 1.54) is 0 Å². The lowest BCUT2D eigenvalue weighted by molar-refractivity contribution is -0.144. The molecule has 0 saturated carbocycles. The fourth-order valence-corrected chi connectivity index (χ4v) is 7.38. The van der Waals surface area contributed by atoms with E-state index in [9.17, 15) is 62.3 Å². The number of hydrogen-bond donors (Lipinski definition) is 1. The molecule has 272 valence electrons. The van der Waals surface area contributed by atoms with Crippen molar-refractivity contribution < 1.29 is 67.0 Å². The van der Waals surface area contributed by atoms with Crippen LogP contribution in [0.15, 0.2) is 97.1 Å². The maximum Gasteiger partial charge on any atom is 0.416 e. The maximum absolute atomic E-state index is 13.6. The summed E-state index contributed by atoms with van der Waals surface area (Å²) in [5, 5.41) is 3.60. The Bertz CT molecular complexity index is 1740. The van der Waals surface area contributed by atoms with Crippen LogP contribution in [0.2, 0.25) is 0 Å². The highest BCUT2D eigenvalue weighted by atomic mass is 31.1. The molecule has 0 aliphatic heterocycles. The SMILES string of the molecule is C[C@@H](OC(=O)c1cc(C(F)(F)F)cc(C(F)(F)F)c1)[C@@H](CP(c1ccccc1)c1ccccc1)NC(=O)c1cc(C(F)(F)F)cc(C(F)(F)F)c1. The second kappa shape index (κ2) is 14.9. The minimum atomic E-state index is -5.31. The van der Waals surface area contributed by atoms with E-state index in [1.54, 1.807) is 60.7 Å². The highest BCUT2D eigenvalue weighted by Crippen LogP contribution is 2.39. The molecule has 1 amide bonds. The summed E-state index contributed by atoms with van der Waals surface area (Å²) < 4.78 is 167. The van der Waals surface area contributed by atoms with E-state index in [4.69, 9.17) is 4.74 Å². The van der Waals surface area contributed by atoms with E-state index in [1.807, 2.05) is 0 Å². The van der Waals surface area contributed by atoms with Crippen molar-refractivity contribution in [3.63, 3.8) is 0 Å². The van der Waals surface area contributed by atoms with Gasteiger partial charge < -0.3 is 10.1 Å². The van der Waals surface area contributed by atoms with Gasteiger partial charge in [0.1, 0.15) is 6.10 Å². The molecule has 0 aliphatic carbocycles. The number of carbonyl (C=O) groups is 2. The van der Waals surface area contributed by atoms with Crippen molar-refractivity contribution >= 4 is 30.4 Å². The van der Waals surface area contributed by atoms with Gasteiger partial charge in [0.15, 0.2) is 0 Å². The molecule has 0 aromatic heterocycles. The smallest absolute Gasteiger partial charge is 0.416 e. The Kier molecular flexibility index (Phi) is 11.5. The molecule has 0 saturated heterocycles. The first-order valence-electron chi connectivity index (χ1n) is 14.5. The van der Waals surface area contributed by atoms with Crippen LogP contribution in [-0.4, -0.2) is 30.2 Å². The number of amides is 1. The summed E-state index contributed by atoms with van der Waals surface area (Å²) in [4.78, 5) is 26.5. The third kappa shape index (κ3) is 10.2. The second-order valence-corrected chi connectivity index (χ2v) is 13.3. The van der Waals surface area contributed by atoms with Crippen LogP contribution in [0.4, 0.5) is 52.7 Å². The molecule has 4 nitrogen and oxygen atoms in total. The minimum Gasteiger partial charge on any atom is -0.457 e. The molecule has 0 heterocycles. The van der Waals surface area contributed by atoms with Crippen LogP contribution in [0.3, 0.4) is 0 Å². The van der Waals surface area contributed by atoms with Gasteiger partial charge in [-0.05, 0) is 68.0 Å². The number of benzene rings is 4. The van der Waals surface area contributed by atoms with Crippen LogP contribution in [0.1, 0.15) is 49.9 Å². The van der Waals surface area contributed by atoms with Gasteiger partial charge in [0.05, 0.1) is 33.9 Å². The topological polar surface area (TPSA) is 55.4 Å². The number of rotatable bonds is 9. The molecule has 0 unspecified atom stereocenters. The van der Waals surface area contributed by atoms with Gasteiger partial charge in [-0.25, -0.2) is 4.79 Å². The van der Waals surface area contributed by atoms with E-state index in [-0.39, 0.29) is 42.6 Å². The van der Waals surface area contributed by atoms with Gasteiger partial charge in [-0.3, -0.25) is 4.79 Å². The number of alkyl halides is 12. The lowest BCUT2D eigenvalue weighted by Crippen LogP contribution is -2.47. The van der Waals surface area contributed by atoms with Crippen molar-refractivity contribution in [1.82, 2.24) is 5.32 Å². The van der Waals surface area contributed by atoms with Gasteiger partial charge in [-0.2, -0.15) is 52.7 Å². The molecule has 1 N–H and O–H groups in total. The predicted octanol–water partition coefficient (Wildman–Crippen LogP) is 9.24. The van der Waals surface area contributed by atoms with Crippen LogP contribution in [0.25, 0.3) is 0 Å². The van der Waals surface area contributed by atoms with Gasteiger partial charge in [-0.1, -0.05) is 60.7 Å². The first-order chi connectivity index (χ1) is 23.5. The molecule has 0 bridgehead atoms. The highest BCUT2D eigenvalue weighted by Gasteiger charge is 2.40. The summed E-state index contributed by atoms with van der Waals surface area (Å²) in [7, 11) is -1.56. The molecular weight excluding hydrogens is 729 g/mol. The van der Waals surface area contributed by atoms with Gasteiger partial charge in [0.25, 0.3) is 5.91 Å². The molecule has 0 aliphatic rings. The molecule has 4 rings (SSSR count). The Balaban J connectivity index is 1.78. The number of ether oxygens (including phenoxy) is 1. The number of esters is 1. The van der Waals surface area contributed by atoms with Crippen LogP contribution in [0, 0.1) is 0 Å². The molecule has 51 heavy (non-hydrogen) atoms. The lowest BCUT2D eigenvalue weighted by atomic mass is 10.0. The fraction of sp³-hybridized carbons (Fsp3) is 0.235. The number of hydrogen-bond acceptors (Lipinski definition) is 3. The highest BCUT2D eigenvalue weighted by molar-refractivity contribution is 7.73. The molecule has 0 spiro atoms. The van der Waals surface area contributed by atoms with E-state index < -0.39 is 90.0 Å². The van der Waals surface area contributed by atoms with Crippen molar-refractivity contribution in [2.75, 3.05) is 6.16 Å². The van der Waals surface area contributed by atoms with E-state index in [2.05, 4.69) is 5.32 Å². The second-order valence-electron chi connectivity index (χ2n) is 11.1.